The molecule has 5 heteroatoms. The second kappa shape index (κ2) is 9.28. The number of carbonyl (C=O) groups is 1. The van der Waals surface area contributed by atoms with E-state index in [1.165, 1.54) is 12.8 Å². The molecule has 1 rings (SSSR count). The van der Waals surface area contributed by atoms with Gasteiger partial charge in [-0.1, -0.05) is 6.92 Å². The highest BCUT2D eigenvalue weighted by Gasteiger charge is 2.21. The predicted octanol–water partition coefficient (Wildman–Crippen LogP) is 0.588. The lowest BCUT2D eigenvalue weighted by atomic mass is 9.97. The van der Waals surface area contributed by atoms with Gasteiger partial charge in [0, 0.05) is 20.3 Å². The standard InChI is InChI=1S/C14H29N3O2/c1-3-7-16-13(14(15)18)6-10-17-8-4-12(5-9-17)11-19-2/h12-13,16H,3-11H2,1-2H3,(H2,15,18). The Balaban J connectivity index is 2.22. The molecule has 0 radical (unpaired) electrons. The van der Waals surface area contributed by atoms with Gasteiger partial charge in [0.15, 0.2) is 0 Å². The SMILES string of the molecule is CCCNC(CCN1CCC(COC)CC1)C(N)=O. The summed E-state index contributed by atoms with van der Waals surface area (Å²) < 4.78 is 5.20. The summed E-state index contributed by atoms with van der Waals surface area (Å²) in [4.78, 5) is 13.8. The molecule has 0 spiro atoms. The number of piperidine rings is 1. The fraction of sp³-hybridized carbons (Fsp3) is 0.929. The Morgan fingerprint density at radius 1 is 1.47 bits per heavy atom. The molecule has 1 atom stereocenters. The van der Waals surface area contributed by atoms with Gasteiger partial charge >= 0.3 is 0 Å². The summed E-state index contributed by atoms with van der Waals surface area (Å²) in [5.41, 5.74) is 5.42. The maximum atomic E-state index is 11.3. The van der Waals surface area contributed by atoms with E-state index in [-0.39, 0.29) is 11.9 Å². The van der Waals surface area contributed by atoms with Crippen molar-refractivity contribution in [3.8, 4) is 0 Å². The first kappa shape index (κ1) is 16.4. The molecule has 0 aliphatic carbocycles. The maximum Gasteiger partial charge on any atom is 0.234 e. The zero-order valence-electron chi connectivity index (χ0n) is 12.4. The van der Waals surface area contributed by atoms with Crippen LogP contribution in [0.4, 0.5) is 0 Å². The van der Waals surface area contributed by atoms with Crippen LogP contribution < -0.4 is 11.1 Å². The van der Waals surface area contributed by atoms with Crippen molar-refractivity contribution in [3.63, 3.8) is 0 Å². The van der Waals surface area contributed by atoms with Crippen molar-refractivity contribution in [1.82, 2.24) is 10.2 Å². The van der Waals surface area contributed by atoms with Crippen molar-refractivity contribution in [2.24, 2.45) is 11.7 Å². The monoisotopic (exact) mass is 271 g/mol. The van der Waals surface area contributed by atoms with Gasteiger partial charge in [0.05, 0.1) is 6.04 Å². The summed E-state index contributed by atoms with van der Waals surface area (Å²) in [6.07, 6.45) is 4.21. The van der Waals surface area contributed by atoms with E-state index in [1.807, 2.05) is 0 Å². The first-order chi connectivity index (χ1) is 9.17. The van der Waals surface area contributed by atoms with Crippen LogP contribution in [-0.4, -0.2) is 56.7 Å². The maximum absolute atomic E-state index is 11.3. The lowest BCUT2D eigenvalue weighted by Crippen LogP contribution is -2.45. The minimum Gasteiger partial charge on any atom is -0.384 e. The van der Waals surface area contributed by atoms with Gasteiger partial charge in [-0.05, 0) is 51.2 Å². The van der Waals surface area contributed by atoms with E-state index < -0.39 is 0 Å². The van der Waals surface area contributed by atoms with Crippen LogP contribution in [0.15, 0.2) is 0 Å². The molecule has 1 aliphatic rings. The number of nitrogens with one attached hydrogen (secondary N) is 1. The molecule has 0 aromatic rings. The van der Waals surface area contributed by atoms with Gasteiger partial charge in [0.25, 0.3) is 0 Å². The molecule has 1 amide bonds. The van der Waals surface area contributed by atoms with Crippen molar-refractivity contribution in [3.05, 3.63) is 0 Å². The first-order valence-corrected chi connectivity index (χ1v) is 7.41. The zero-order chi connectivity index (χ0) is 14.1. The number of nitrogens with zero attached hydrogens (tertiary/aromatic N) is 1. The van der Waals surface area contributed by atoms with Gasteiger partial charge in [-0.3, -0.25) is 4.79 Å². The lowest BCUT2D eigenvalue weighted by molar-refractivity contribution is -0.120. The van der Waals surface area contributed by atoms with E-state index in [0.29, 0.717) is 5.92 Å². The summed E-state index contributed by atoms with van der Waals surface area (Å²) in [6.45, 7) is 6.97. The highest BCUT2D eigenvalue weighted by Crippen LogP contribution is 2.17. The highest BCUT2D eigenvalue weighted by molar-refractivity contribution is 5.79. The molecule has 0 aromatic heterocycles. The normalized spacial score (nSPS) is 19.5. The molecular weight excluding hydrogens is 242 g/mol. The second-order valence-electron chi connectivity index (χ2n) is 5.44. The molecule has 112 valence electrons. The topological polar surface area (TPSA) is 67.6 Å². The summed E-state index contributed by atoms with van der Waals surface area (Å²) in [5.74, 6) is 0.467. The molecule has 19 heavy (non-hydrogen) atoms. The van der Waals surface area contributed by atoms with E-state index >= 15 is 0 Å². The smallest absolute Gasteiger partial charge is 0.234 e. The lowest BCUT2D eigenvalue weighted by Gasteiger charge is -2.32. The number of rotatable bonds is 9. The van der Waals surface area contributed by atoms with Crippen LogP contribution >= 0.6 is 0 Å². The van der Waals surface area contributed by atoms with Crippen LogP contribution in [0.5, 0.6) is 0 Å². The van der Waals surface area contributed by atoms with E-state index in [1.54, 1.807) is 7.11 Å². The molecule has 0 saturated carbocycles. The summed E-state index contributed by atoms with van der Waals surface area (Å²) in [7, 11) is 1.77. The van der Waals surface area contributed by atoms with Crippen molar-refractivity contribution in [2.75, 3.05) is 39.9 Å². The van der Waals surface area contributed by atoms with Crippen LogP contribution in [0.3, 0.4) is 0 Å². The number of hydrogen-bond acceptors (Lipinski definition) is 4. The Morgan fingerprint density at radius 2 is 2.16 bits per heavy atom. The Bertz CT molecular complexity index is 253. The van der Waals surface area contributed by atoms with Gasteiger partial charge in [-0.2, -0.15) is 0 Å². The van der Waals surface area contributed by atoms with Crippen LogP contribution in [0.25, 0.3) is 0 Å². The van der Waals surface area contributed by atoms with Crippen molar-refractivity contribution in [1.29, 1.82) is 0 Å². The van der Waals surface area contributed by atoms with Crippen molar-refractivity contribution in [2.45, 2.75) is 38.6 Å². The molecule has 1 heterocycles. The third-order valence-electron chi connectivity index (χ3n) is 3.83. The van der Waals surface area contributed by atoms with Gasteiger partial charge < -0.3 is 20.7 Å². The minimum absolute atomic E-state index is 0.184. The quantitative estimate of drug-likeness (QED) is 0.644. The average molecular weight is 271 g/mol. The Kier molecular flexibility index (Phi) is 8.02. The predicted molar refractivity (Wildman–Crippen MR) is 76.9 cm³/mol. The molecule has 1 saturated heterocycles. The number of ether oxygens (including phenoxy) is 1. The van der Waals surface area contributed by atoms with Gasteiger partial charge in [-0.15, -0.1) is 0 Å². The van der Waals surface area contributed by atoms with Crippen LogP contribution in [0.2, 0.25) is 0 Å². The number of carbonyl (C=O) groups excluding carboxylic acids is 1. The summed E-state index contributed by atoms with van der Waals surface area (Å²) in [5, 5.41) is 3.22. The number of primary amides is 1. The van der Waals surface area contributed by atoms with Gasteiger partial charge in [0.2, 0.25) is 5.91 Å². The van der Waals surface area contributed by atoms with Gasteiger partial charge in [-0.25, -0.2) is 0 Å². The minimum atomic E-state index is -0.234. The summed E-state index contributed by atoms with van der Waals surface area (Å²) >= 11 is 0. The first-order valence-electron chi connectivity index (χ1n) is 7.41. The number of amides is 1. The van der Waals surface area contributed by atoms with Gasteiger partial charge in [0.1, 0.15) is 0 Å². The number of likely N-dealkylation sites (tertiary alicyclic amines) is 1. The van der Waals surface area contributed by atoms with Crippen LogP contribution in [-0.2, 0) is 9.53 Å². The molecule has 0 bridgehead atoms. The fourth-order valence-electron chi connectivity index (χ4n) is 2.59. The zero-order valence-corrected chi connectivity index (χ0v) is 12.4. The van der Waals surface area contributed by atoms with E-state index in [4.69, 9.17) is 10.5 Å². The number of hydrogen-bond donors (Lipinski definition) is 2. The van der Waals surface area contributed by atoms with E-state index in [9.17, 15) is 4.79 Å². The molecule has 3 N–H and O–H groups in total. The molecular formula is C14H29N3O2. The summed E-state index contributed by atoms with van der Waals surface area (Å²) in [6, 6.07) is -0.184. The third-order valence-corrected chi connectivity index (χ3v) is 3.83. The van der Waals surface area contributed by atoms with Crippen LogP contribution in [0.1, 0.15) is 32.6 Å². The Morgan fingerprint density at radius 3 is 2.68 bits per heavy atom. The molecule has 0 aromatic carbocycles. The molecule has 5 nitrogen and oxygen atoms in total. The average Bonchev–Trinajstić information content (AvgIpc) is 2.40. The number of methoxy groups -OCH3 is 1. The number of nitrogens with two attached hydrogens (primary N) is 1. The van der Waals surface area contributed by atoms with Crippen molar-refractivity contribution >= 4 is 5.91 Å². The molecule has 1 unspecified atom stereocenters. The fourth-order valence-corrected chi connectivity index (χ4v) is 2.59. The highest BCUT2D eigenvalue weighted by atomic mass is 16.5. The third kappa shape index (κ3) is 6.36. The van der Waals surface area contributed by atoms with E-state index in [2.05, 4.69) is 17.1 Å². The Labute approximate surface area is 116 Å². The molecule has 1 aliphatic heterocycles. The largest absolute Gasteiger partial charge is 0.384 e. The van der Waals surface area contributed by atoms with E-state index in [0.717, 1.165) is 45.6 Å². The van der Waals surface area contributed by atoms with Crippen molar-refractivity contribution < 1.29 is 9.53 Å². The Hall–Kier alpha value is -0.650. The molecule has 1 fully saturated rings. The van der Waals surface area contributed by atoms with Crippen LogP contribution in [0, 0.1) is 5.92 Å². The second-order valence-corrected chi connectivity index (χ2v) is 5.44.